The summed E-state index contributed by atoms with van der Waals surface area (Å²) in [5.74, 6) is 0.0639. The number of benzene rings is 3. The second-order valence-electron chi connectivity index (χ2n) is 11.2. The van der Waals surface area contributed by atoms with Crippen LogP contribution in [0.5, 0.6) is 5.75 Å². The van der Waals surface area contributed by atoms with E-state index in [0.717, 1.165) is 16.7 Å². The minimum absolute atomic E-state index is 0.0248. The van der Waals surface area contributed by atoms with Gasteiger partial charge in [0.25, 0.3) is 5.91 Å². The molecule has 9 heteroatoms. The van der Waals surface area contributed by atoms with Crippen LogP contribution in [0.3, 0.4) is 0 Å². The Morgan fingerprint density at radius 3 is 2.63 bits per heavy atom. The van der Waals surface area contributed by atoms with E-state index in [2.05, 4.69) is 23.0 Å². The minimum atomic E-state index is -1.14. The molecule has 3 amide bonds. The predicted octanol–water partition coefficient (Wildman–Crippen LogP) is 6.15. The molecule has 1 spiro atoms. The molecule has 41 heavy (non-hydrogen) atoms. The van der Waals surface area contributed by atoms with E-state index < -0.39 is 17.4 Å². The third-order valence-corrected chi connectivity index (χ3v) is 8.04. The number of rotatable bonds is 7. The highest BCUT2D eigenvalue weighted by Crippen LogP contribution is 2.43. The summed E-state index contributed by atoms with van der Waals surface area (Å²) in [5, 5.41) is 4.90. The zero-order chi connectivity index (χ0) is 28.7. The van der Waals surface area contributed by atoms with Gasteiger partial charge in [0.05, 0.1) is 12.6 Å². The zero-order valence-corrected chi connectivity index (χ0v) is 23.4. The van der Waals surface area contributed by atoms with Crippen LogP contribution >= 0.6 is 0 Å². The Bertz CT molecular complexity index is 1600. The lowest BCUT2D eigenvalue weighted by atomic mass is 9.81. The van der Waals surface area contributed by atoms with E-state index >= 15 is 0 Å². The number of halogens is 1. The molecule has 2 saturated heterocycles. The van der Waals surface area contributed by atoms with Crippen molar-refractivity contribution in [2.24, 2.45) is 0 Å². The van der Waals surface area contributed by atoms with E-state index in [4.69, 9.17) is 9.26 Å². The van der Waals surface area contributed by atoms with Gasteiger partial charge in [0.15, 0.2) is 5.58 Å². The summed E-state index contributed by atoms with van der Waals surface area (Å²) in [7, 11) is 0. The third-order valence-electron chi connectivity index (χ3n) is 8.04. The number of nitrogens with zero attached hydrogens (tertiary/aromatic N) is 4. The summed E-state index contributed by atoms with van der Waals surface area (Å²) < 4.78 is 25.7. The molecule has 0 N–H and O–H groups in total. The summed E-state index contributed by atoms with van der Waals surface area (Å²) in [6.07, 6.45) is 0.903. The molecule has 2 atom stereocenters. The number of aromatic nitrogens is 1. The third kappa shape index (κ3) is 4.95. The molecule has 1 aromatic heterocycles. The molecule has 1 unspecified atom stereocenters. The van der Waals surface area contributed by atoms with Crippen molar-refractivity contribution < 1.29 is 23.2 Å². The molecule has 8 nitrogen and oxygen atoms in total. The van der Waals surface area contributed by atoms with Crippen LogP contribution in [0.4, 0.5) is 14.9 Å². The number of carbonyl (C=O) groups excluding carboxylic acids is 2. The van der Waals surface area contributed by atoms with Gasteiger partial charge < -0.3 is 9.26 Å². The number of para-hydroxylation sites is 1. The highest BCUT2D eigenvalue weighted by Gasteiger charge is 2.60. The lowest BCUT2D eigenvalue weighted by Crippen LogP contribution is -2.59. The van der Waals surface area contributed by atoms with Crippen molar-refractivity contribution in [1.82, 2.24) is 15.0 Å². The van der Waals surface area contributed by atoms with E-state index in [1.54, 1.807) is 18.2 Å². The molecule has 0 saturated carbocycles. The molecular formula is C32H33FN4O4. The van der Waals surface area contributed by atoms with Gasteiger partial charge in [0, 0.05) is 30.2 Å². The second-order valence-corrected chi connectivity index (χ2v) is 11.2. The monoisotopic (exact) mass is 556 g/mol. The van der Waals surface area contributed by atoms with Crippen LogP contribution in [0.25, 0.3) is 11.0 Å². The number of likely N-dealkylation sites (tertiary alicyclic amines) is 1. The van der Waals surface area contributed by atoms with Crippen LogP contribution in [-0.2, 0) is 17.9 Å². The number of piperidine rings is 1. The zero-order valence-electron chi connectivity index (χ0n) is 23.4. The van der Waals surface area contributed by atoms with Gasteiger partial charge in [0.2, 0.25) is 0 Å². The first-order valence-electron chi connectivity index (χ1n) is 14.0. The van der Waals surface area contributed by atoms with E-state index in [1.165, 1.54) is 21.9 Å². The summed E-state index contributed by atoms with van der Waals surface area (Å²) >= 11 is 0. The van der Waals surface area contributed by atoms with Crippen molar-refractivity contribution in [2.45, 2.75) is 64.4 Å². The number of anilines is 1. The summed E-state index contributed by atoms with van der Waals surface area (Å²) in [5.41, 5.74) is 1.44. The topological polar surface area (TPSA) is 79.1 Å². The van der Waals surface area contributed by atoms with Crippen LogP contribution in [0.2, 0.25) is 0 Å². The molecule has 4 aromatic rings. The first kappa shape index (κ1) is 27.0. The predicted molar refractivity (Wildman–Crippen MR) is 153 cm³/mol. The maximum absolute atomic E-state index is 14.4. The lowest BCUT2D eigenvalue weighted by Gasteiger charge is -2.45. The molecular weight excluding hydrogens is 523 g/mol. The van der Waals surface area contributed by atoms with Crippen molar-refractivity contribution >= 4 is 28.6 Å². The van der Waals surface area contributed by atoms with Crippen molar-refractivity contribution in [3.63, 3.8) is 0 Å². The lowest BCUT2D eigenvalue weighted by molar-refractivity contribution is -0.133. The van der Waals surface area contributed by atoms with E-state index in [0.29, 0.717) is 42.9 Å². The fraction of sp³-hybridized carbons (Fsp3) is 0.344. The normalized spacial score (nSPS) is 21.5. The number of imide groups is 1. The number of urea groups is 1. The van der Waals surface area contributed by atoms with E-state index in [9.17, 15) is 14.0 Å². The average Bonchev–Trinajstić information content (AvgIpc) is 3.43. The van der Waals surface area contributed by atoms with Crippen molar-refractivity contribution in [3.05, 3.63) is 89.9 Å². The van der Waals surface area contributed by atoms with Gasteiger partial charge >= 0.3 is 6.03 Å². The molecule has 3 heterocycles. The molecule has 212 valence electrons. The number of fused-ring (bicyclic) bond motifs is 1. The van der Waals surface area contributed by atoms with Crippen LogP contribution < -0.4 is 9.64 Å². The van der Waals surface area contributed by atoms with Crippen molar-refractivity contribution in [3.8, 4) is 5.75 Å². The van der Waals surface area contributed by atoms with Gasteiger partial charge in [-0.1, -0.05) is 35.5 Å². The first-order valence-corrected chi connectivity index (χ1v) is 14.0. The summed E-state index contributed by atoms with van der Waals surface area (Å²) in [6, 6.07) is 20.8. The Balaban J connectivity index is 1.30. The smallest absolute Gasteiger partial charge is 0.332 e. The molecule has 2 aliphatic rings. The molecule has 0 aliphatic carbocycles. The molecule has 6 rings (SSSR count). The van der Waals surface area contributed by atoms with E-state index in [-0.39, 0.29) is 24.6 Å². The highest BCUT2D eigenvalue weighted by atomic mass is 19.1. The van der Waals surface area contributed by atoms with Gasteiger partial charge in [0.1, 0.15) is 22.8 Å². The van der Waals surface area contributed by atoms with Crippen LogP contribution in [0.15, 0.2) is 77.3 Å². The van der Waals surface area contributed by atoms with Gasteiger partial charge in [-0.15, -0.1) is 0 Å². The molecule has 0 radical (unpaired) electrons. The number of hydrogen-bond acceptors (Lipinski definition) is 6. The fourth-order valence-electron chi connectivity index (χ4n) is 6.18. The fourth-order valence-corrected chi connectivity index (χ4v) is 6.18. The second kappa shape index (κ2) is 10.6. The van der Waals surface area contributed by atoms with Gasteiger partial charge in [-0.25, -0.2) is 9.18 Å². The largest absolute Gasteiger partial charge is 0.491 e. The summed E-state index contributed by atoms with van der Waals surface area (Å²) in [4.78, 5) is 33.3. The van der Waals surface area contributed by atoms with Crippen LogP contribution in [0.1, 0.15) is 44.9 Å². The van der Waals surface area contributed by atoms with Crippen LogP contribution in [0, 0.1) is 5.82 Å². The quantitative estimate of drug-likeness (QED) is 0.254. The maximum Gasteiger partial charge on any atom is 0.332 e. The number of hydrogen-bond donors (Lipinski definition) is 0. The summed E-state index contributed by atoms with van der Waals surface area (Å²) in [6.45, 7) is 7.31. The van der Waals surface area contributed by atoms with Gasteiger partial charge in [-0.3, -0.25) is 19.5 Å². The molecule has 2 fully saturated rings. The van der Waals surface area contributed by atoms with Gasteiger partial charge in [-0.05, 0) is 81.6 Å². The highest BCUT2D eigenvalue weighted by molar-refractivity contribution is 6.17. The molecule has 0 bridgehead atoms. The van der Waals surface area contributed by atoms with Gasteiger partial charge in [-0.2, -0.15) is 0 Å². The Morgan fingerprint density at radius 2 is 1.85 bits per heavy atom. The first-order chi connectivity index (χ1) is 19.7. The van der Waals surface area contributed by atoms with E-state index in [1.807, 2.05) is 50.2 Å². The average molecular weight is 557 g/mol. The Kier molecular flexibility index (Phi) is 6.99. The minimum Gasteiger partial charge on any atom is -0.491 e. The standard InChI is InChI=1S/C32H33FN4O4/c1-21(2)40-26-11-6-8-23(16-26)19-35-15-14-32(18-22(35)3)30(38)36(20-28-27-12-4-5-13-29(27)41-34-28)31(39)37(32)25-10-7-9-24(33)17-25/h4-13,16-17,21-22H,14-15,18-20H2,1-3H3/t22-,32?/m0/s1. The van der Waals surface area contributed by atoms with Crippen molar-refractivity contribution in [2.75, 3.05) is 11.4 Å². The molecule has 3 aromatic carbocycles. The van der Waals surface area contributed by atoms with Crippen LogP contribution in [-0.4, -0.2) is 51.1 Å². The Morgan fingerprint density at radius 1 is 1.05 bits per heavy atom. The Hall–Kier alpha value is -4.24. The maximum atomic E-state index is 14.4. The van der Waals surface area contributed by atoms with Crippen molar-refractivity contribution in [1.29, 1.82) is 0 Å². The number of amides is 3. The SMILES string of the molecule is CC(C)Oc1cccc(CN2CCC3(C[C@@H]2C)C(=O)N(Cc2noc4ccccc24)C(=O)N3c2cccc(F)c2)c1. The molecule has 2 aliphatic heterocycles. The Labute approximate surface area is 238 Å². The number of ether oxygens (including phenoxy) is 1. The number of carbonyl (C=O) groups is 2.